The smallest absolute Gasteiger partial charge is 0.123 e. The second kappa shape index (κ2) is 7.50. The van der Waals surface area contributed by atoms with E-state index in [9.17, 15) is 0 Å². The summed E-state index contributed by atoms with van der Waals surface area (Å²) in [6.45, 7) is 9.69. The van der Waals surface area contributed by atoms with Crippen LogP contribution in [0.15, 0.2) is 18.2 Å². The molecule has 1 aromatic carbocycles. The summed E-state index contributed by atoms with van der Waals surface area (Å²) in [6.07, 6.45) is 0. The zero-order valence-electron chi connectivity index (χ0n) is 13.4. The van der Waals surface area contributed by atoms with Gasteiger partial charge in [0.1, 0.15) is 11.5 Å². The number of ether oxygens (including phenoxy) is 3. The van der Waals surface area contributed by atoms with Gasteiger partial charge in [-0.3, -0.25) is 0 Å². The Balaban J connectivity index is 2.99. The van der Waals surface area contributed by atoms with Gasteiger partial charge in [0.2, 0.25) is 0 Å². The maximum atomic E-state index is 5.91. The molecule has 1 N–H and O–H groups in total. The van der Waals surface area contributed by atoms with Crippen LogP contribution in [0.4, 0.5) is 0 Å². The van der Waals surface area contributed by atoms with Crippen LogP contribution >= 0.6 is 0 Å². The Hall–Kier alpha value is -1.26. The zero-order chi connectivity index (χ0) is 15.2. The van der Waals surface area contributed by atoms with Crippen molar-refractivity contribution in [2.75, 3.05) is 27.4 Å². The van der Waals surface area contributed by atoms with Crippen LogP contribution < -0.4 is 14.8 Å². The van der Waals surface area contributed by atoms with Gasteiger partial charge in [0.15, 0.2) is 0 Å². The molecule has 114 valence electrons. The second-order valence-electron chi connectivity index (χ2n) is 5.64. The molecule has 4 nitrogen and oxygen atoms in total. The molecule has 1 atom stereocenters. The Morgan fingerprint density at radius 3 is 2.35 bits per heavy atom. The van der Waals surface area contributed by atoms with Crippen molar-refractivity contribution in [3.8, 4) is 11.5 Å². The lowest BCUT2D eigenvalue weighted by Crippen LogP contribution is -2.30. The minimum absolute atomic E-state index is 0.0734. The van der Waals surface area contributed by atoms with E-state index in [1.54, 1.807) is 14.2 Å². The predicted molar refractivity (Wildman–Crippen MR) is 81.7 cm³/mol. The van der Waals surface area contributed by atoms with Crippen molar-refractivity contribution in [3.63, 3.8) is 0 Å². The maximum Gasteiger partial charge on any atom is 0.123 e. The number of hydrogen-bond donors (Lipinski definition) is 1. The van der Waals surface area contributed by atoms with Crippen molar-refractivity contribution in [3.05, 3.63) is 23.8 Å². The molecule has 0 spiro atoms. The lowest BCUT2D eigenvalue weighted by atomic mass is 10.1. The molecule has 0 aliphatic rings. The van der Waals surface area contributed by atoms with Crippen LogP contribution in [-0.4, -0.2) is 33.0 Å². The second-order valence-corrected chi connectivity index (χ2v) is 5.64. The minimum atomic E-state index is -0.167. The number of methoxy groups -OCH3 is 2. The minimum Gasteiger partial charge on any atom is -0.497 e. The van der Waals surface area contributed by atoms with Gasteiger partial charge in [-0.1, -0.05) is 6.92 Å². The number of hydrogen-bond acceptors (Lipinski definition) is 4. The third-order valence-electron chi connectivity index (χ3n) is 2.95. The maximum absolute atomic E-state index is 5.91. The van der Waals surface area contributed by atoms with E-state index in [0.29, 0.717) is 6.61 Å². The van der Waals surface area contributed by atoms with Gasteiger partial charge in [0.05, 0.1) is 32.5 Å². The van der Waals surface area contributed by atoms with Gasteiger partial charge in [-0.15, -0.1) is 0 Å². The van der Waals surface area contributed by atoms with Gasteiger partial charge in [-0.25, -0.2) is 0 Å². The molecule has 1 rings (SSSR count). The Morgan fingerprint density at radius 1 is 1.15 bits per heavy atom. The predicted octanol–water partition coefficient (Wildman–Crippen LogP) is 3.17. The van der Waals surface area contributed by atoms with Crippen LogP contribution in [0.1, 0.15) is 39.3 Å². The molecule has 0 aliphatic heterocycles. The van der Waals surface area contributed by atoms with Gasteiger partial charge >= 0.3 is 0 Å². The summed E-state index contributed by atoms with van der Waals surface area (Å²) >= 11 is 0. The highest BCUT2D eigenvalue weighted by atomic mass is 16.5. The van der Waals surface area contributed by atoms with E-state index < -0.39 is 0 Å². The number of rotatable bonds is 7. The third kappa shape index (κ3) is 5.02. The van der Waals surface area contributed by atoms with Gasteiger partial charge in [0.25, 0.3) is 0 Å². The standard InChI is InChI=1S/C16H27NO3/c1-7-17-14(11-20-16(2,3)4)13-10-12(18-5)8-9-15(13)19-6/h8-10,14,17H,7,11H2,1-6H3. The summed E-state index contributed by atoms with van der Waals surface area (Å²) < 4.78 is 16.7. The molecule has 0 aliphatic carbocycles. The molecule has 0 saturated carbocycles. The quantitative estimate of drug-likeness (QED) is 0.833. The molecular weight excluding hydrogens is 254 g/mol. The first-order valence-corrected chi connectivity index (χ1v) is 7.00. The zero-order valence-corrected chi connectivity index (χ0v) is 13.4. The summed E-state index contributed by atoms with van der Waals surface area (Å²) in [7, 11) is 3.35. The van der Waals surface area contributed by atoms with Crippen LogP contribution in [0.2, 0.25) is 0 Å². The lowest BCUT2D eigenvalue weighted by Gasteiger charge is -2.26. The van der Waals surface area contributed by atoms with Gasteiger partial charge in [-0.2, -0.15) is 0 Å². The van der Waals surface area contributed by atoms with E-state index in [0.717, 1.165) is 23.6 Å². The van der Waals surface area contributed by atoms with E-state index in [-0.39, 0.29) is 11.6 Å². The Labute approximate surface area is 122 Å². The summed E-state index contributed by atoms with van der Waals surface area (Å²) in [5.74, 6) is 1.66. The monoisotopic (exact) mass is 281 g/mol. The average molecular weight is 281 g/mol. The van der Waals surface area contributed by atoms with E-state index in [4.69, 9.17) is 14.2 Å². The van der Waals surface area contributed by atoms with Gasteiger partial charge in [0, 0.05) is 5.56 Å². The molecule has 0 heterocycles. The fourth-order valence-electron chi connectivity index (χ4n) is 1.95. The summed E-state index contributed by atoms with van der Waals surface area (Å²) in [5, 5.41) is 3.44. The average Bonchev–Trinajstić information content (AvgIpc) is 2.41. The number of benzene rings is 1. The molecule has 0 amide bonds. The van der Waals surface area contributed by atoms with Crippen LogP contribution in [0, 0.1) is 0 Å². The fraction of sp³-hybridized carbons (Fsp3) is 0.625. The SMILES string of the molecule is CCNC(COC(C)(C)C)c1cc(OC)ccc1OC. The van der Waals surface area contributed by atoms with Crippen molar-refractivity contribution < 1.29 is 14.2 Å². The van der Waals surface area contributed by atoms with Crippen LogP contribution in [0.5, 0.6) is 11.5 Å². The summed E-state index contributed by atoms with van der Waals surface area (Å²) in [5.41, 5.74) is 0.887. The Kier molecular flexibility index (Phi) is 6.30. The number of nitrogens with one attached hydrogen (secondary N) is 1. The molecule has 0 fully saturated rings. The van der Waals surface area contributed by atoms with Crippen molar-refractivity contribution >= 4 is 0 Å². The van der Waals surface area contributed by atoms with E-state index in [2.05, 4.69) is 33.0 Å². The highest BCUT2D eigenvalue weighted by molar-refractivity contribution is 5.42. The molecule has 1 aromatic rings. The molecular formula is C16H27NO3. The fourth-order valence-corrected chi connectivity index (χ4v) is 1.95. The van der Waals surface area contributed by atoms with E-state index in [1.807, 2.05) is 18.2 Å². The molecule has 0 radical (unpaired) electrons. The largest absolute Gasteiger partial charge is 0.497 e. The van der Waals surface area contributed by atoms with Crippen LogP contribution in [0.25, 0.3) is 0 Å². The molecule has 1 unspecified atom stereocenters. The highest BCUT2D eigenvalue weighted by Gasteiger charge is 2.20. The molecule has 0 aromatic heterocycles. The first kappa shape index (κ1) is 16.8. The van der Waals surface area contributed by atoms with Gasteiger partial charge in [-0.05, 0) is 45.5 Å². The van der Waals surface area contributed by atoms with Crippen molar-refractivity contribution in [2.45, 2.75) is 39.3 Å². The first-order chi connectivity index (χ1) is 9.41. The van der Waals surface area contributed by atoms with E-state index in [1.165, 1.54) is 0 Å². The lowest BCUT2D eigenvalue weighted by molar-refractivity contribution is -0.0148. The summed E-state index contributed by atoms with van der Waals surface area (Å²) in [6, 6.07) is 5.90. The first-order valence-electron chi connectivity index (χ1n) is 7.00. The van der Waals surface area contributed by atoms with Crippen LogP contribution in [0.3, 0.4) is 0 Å². The summed E-state index contributed by atoms with van der Waals surface area (Å²) in [4.78, 5) is 0. The number of likely N-dealkylation sites (N-methyl/N-ethyl adjacent to an activating group) is 1. The molecule has 4 heteroatoms. The molecule has 0 bridgehead atoms. The topological polar surface area (TPSA) is 39.7 Å². The third-order valence-corrected chi connectivity index (χ3v) is 2.95. The normalized spacial score (nSPS) is 13.1. The Bertz CT molecular complexity index is 413. The highest BCUT2D eigenvalue weighted by Crippen LogP contribution is 2.30. The van der Waals surface area contributed by atoms with Crippen molar-refractivity contribution in [1.29, 1.82) is 0 Å². The Morgan fingerprint density at radius 2 is 1.85 bits per heavy atom. The molecule has 0 saturated heterocycles. The van der Waals surface area contributed by atoms with Crippen molar-refractivity contribution in [2.24, 2.45) is 0 Å². The molecule has 20 heavy (non-hydrogen) atoms. The van der Waals surface area contributed by atoms with Gasteiger partial charge < -0.3 is 19.5 Å². The van der Waals surface area contributed by atoms with Crippen LogP contribution in [-0.2, 0) is 4.74 Å². The van der Waals surface area contributed by atoms with Crippen molar-refractivity contribution in [1.82, 2.24) is 5.32 Å². The van der Waals surface area contributed by atoms with E-state index >= 15 is 0 Å².